The Morgan fingerprint density at radius 1 is 0.929 bits per heavy atom. The summed E-state index contributed by atoms with van der Waals surface area (Å²) in [5.74, 6) is 0.305. The third-order valence-electron chi connectivity index (χ3n) is 3.32. The molecule has 0 radical (unpaired) electrons. The molecule has 84 valence electrons. The molecular formula is C13H26O. The zero-order valence-corrected chi connectivity index (χ0v) is 11.1. The summed E-state index contributed by atoms with van der Waals surface area (Å²) in [6.07, 6.45) is 0.943. The van der Waals surface area contributed by atoms with Crippen molar-refractivity contribution in [3.05, 3.63) is 0 Å². The van der Waals surface area contributed by atoms with E-state index in [0.717, 1.165) is 6.42 Å². The van der Waals surface area contributed by atoms with E-state index < -0.39 is 0 Å². The molecule has 0 heterocycles. The molecule has 0 amide bonds. The molecule has 0 fully saturated rings. The van der Waals surface area contributed by atoms with Crippen molar-refractivity contribution in [1.29, 1.82) is 0 Å². The third kappa shape index (κ3) is 3.11. The number of carbonyl (C=O) groups is 1. The molecule has 0 aromatic heterocycles. The third-order valence-corrected chi connectivity index (χ3v) is 3.32. The number of hydrogen-bond donors (Lipinski definition) is 0. The maximum atomic E-state index is 11.8. The summed E-state index contributed by atoms with van der Waals surface area (Å²) in [5.41, 5.74) is 0.0189. The van der Waals surface area contributed by atoms with Gasteiger partial charge in [0.05, 0.1) is 0 Å². The topological polar surface area (TPSA) is 17.1 Å². The van der Waals surface area contributed by atoms with E-state index in [1.165, 1.54) is 0 Å². The molecule has 1 unspecified atom stereocenters. The Balaban J connectivity index is 5.04. The zero-order valence-electron chi connectivity index (χ0n) is 11.1. The first kappa shape index (κ1) is 13.7. The van der Waals surface area contributed by atoms with Gasteiger partial charge >= 0.3 is 0 Å². The number of hydrogen-bond acceptors (Lipinski definition) is 1. The Hall–Kier alpha value is -0.330. The lowest BCUT2D eigenvalue weighted by Gasteiger charge is -2.43. The fourth-order valence-electron chi connectivity index (χ4n) is 1.98. The Morgan fingerprint density at radius 3 is 1.36 bits per heavy atom. The fourth-order valence-corrected chi connectivity index (χ4v) is 1.98. The average molecular weight is 198 g/mol. The van der Waals surface area contributed by atoms with Crippen molar-refractivity contribution >= 4 is 5.78 Å². The van der Waals surface area contributed by atoms with Gasteiger partial charge < -0.3 is 0 Å². The molecule has 0 N–H and O–H groups in total. The van der Waals surface area contributed by atoms with Gasteiger partial charge in [-0.15, -0.1) is 0 Å². The van der Waals surface area contributed by atoms with Gasteiger partial charge in [0.2, 0.25) is 0 Å². The average Bonchev–Trinajstić information content (AvgIpc) is 1.79. The number of ketones is 1. The highest BCUT2D eigenvalue weighted by Gasteiger charge is 2.43. The maximum Gasteiger partial charge on any atom is 0.136 e. The highest BCUT2D eigenvalue weighted by molar-refractivity contribution is 5.82. The van der Waals surface area contributed by atoms with E-state index in [2.05, 4.69) is 48.5 Å². The molecule has 0 aliphatic heterocycles. The standard InChI is InChI=1S/C13H26O/c1-10(14)13(8,12(5,6)7)9-11(2,3)4/h9H2,1-8H3. The summed E-state index contributed by atoms with van der Waals surface area (Å²) in [7, 11) is 0. The lowest BCUT2D eigenvalue weighted by molar-refractivity contribution is -0.134. The largest absolute Gasteiger partial charge is 0.299 e. The van der Waals surface area contributed by atoms with Crippen LogP contribution >= 0.6 is 0 Å². The second-order valence-electron chi connectivity index (χ2n) is 6.88. The van der Waals surface area contributed by atoms with Gasteiger partial charge in [-0.25, -0.2) is 0 Å². The van der Waals surface area contributed by atoms with Crippen LogP contribution in [0.1, 0.15) is 61.8 Å². The van der Waals surface area contributed by atoms with Crippen LogP contribution in [0.15, 0.2) is 0 Å². The molecule has 0 spiro atoms. The van der Waals surface area contributed by atoms with E-state index >= 15 is 0 Å². The van der Waals surface area contributed by atoms with Gasteiger partial charge in [-0.1, -0.05) is 48.5 Å². The van der Waals surface area contributed by atoms with Gasteiger partial charge in [0.1, 0.15) is 5.78 Å². The van der Waals surface area contributed by atoms with Crippen LogP contribution in [0.25, 0.3) is 0 Å². The molecule has 0 aromatic rings. The minimum atomic E-state index is -0.217. The Labute approximate surface area is 89.3 Å². The zero-order chi connectivity index (χ0) is 11.8. The molecule has 0 bridgehead atoms. The molecule has 0 saturated carbocycles. The van der Waals surface area contributed by atoms with Crippen molar-refractivity contribution in [3.63, 3.8) is 0 Å². The molecule has 0 saturated heterocycles. The fraction of sp³-hybridized carbons (Fsp3) is 0.923. The number of carbonyl (C=O) groups excluding carboxylic acids is 1. The minimum Gasteiger partial charge on any atom is -0.299 e. The molecule has 1 heteroatoms. The molecule has 0 aliphatic rings. The van der Waals surface area contributed by atoms with Crippen molar-refractivity contribution in [2.45, 2.75) is 61.8 Å². The van der Waals surface area contributed by atoms with Crippen molar-refractivity contribution in [2.24, 2.45) is 16.2 Å². The molecular weight excluding hydrogens is 172 g/mol. The van der Waals surface area contributed by atoms with E-state index in [0.29, 0.717) is 5.78 Å². The van der Waals surface area contributed by atoms with Gasteiger partial charge in [0, 0.05) is 5.41 Å². The van der Waals surface area contributed by atoms with E-state index in [1.54, 1.807) is 6.92 Å². The lowest BCUT2D eigenvalue weighted by Crippen LogP contribution is -2.42. The van der Waals surface area contributed by atoms with E-state index in [9.17, 15) is 4.79 Å². The Kier molecular flexibility index (Phi) is 3.59. The predicted octanol–water partition coefficient (Wildman–Crippen LogP) is 4.06. The van der Waals surface area contributed by atoms with Crippen LogP contribution in [0, 0.1) is 16.2 Å². The van der Waals surface area contributed by atoms with Gasteiger partial charge in [-0.2, -0.15) is 0 Å². The molecule has 14 heavy (non-hydrogen) atoms. The van der Waals surface area contributed by atoms with Crippen LogP contribution < -0.4 is 0 Å². The minimum absolute atomic E-state index is 0.0338. The first-order valence-electron chi connectivity index (χ1n) is 5.41. The van der Waals surface area contributed by atoms with Crippen LogP contribution in [-0.2, 0) is 4.79 Å². The summed E-state index contributed by atoms with van der Waals surface area (Å²) in [6.45, 7) is 16.9. The Morgan fingerprint density at radius 2 is 1.29 bits per heavy atom. The molecule has 0 aromatic carbocycles. The summed E-state index contributed by atoms with van der Waals surface area (Å²) in [5, 5.41) is 0. The molecule has 1 atom stereocenters. The van der Waals surface area contributed by atoms with E-state index in [4.69, 9.17) is 0 Å². The molecule has 1 nitrogen and oxygen atoms in total. The van der Waals surface area contributed by atoms with Crippen molar-refractivity contribution in [1.82, 2.24) is 0 Å². The van der Waals surface area contributed by atoms with Gasteiger partial charge in [-0.05, 0) is 24.2 Å². The molecule has 0 rings (SSSR count). The summed E-state index contributed by atoms with van der Waals surface area (Å²) in [4.78, 5) is 11.8. The summed E-state index contributed by atoms with van der Waals surface area (Å²) >= 11 is 0. The normalized spacial score (nSPS) is 17.7. The van der Waals surface area contributed by atoms with Crippen LogP contribution in [0.2, 0.25) is 0 Å². The number of Topliss-reactive ketones (excluding diaryl/α,β-unsaturated/α-hetero) is 1. The predicted molar refractivity (Wildman–Crippen MR) is 62.3 cm³/mol. The quantitative estimate of drug-likeness (QED) is 0.654. The van der Waals surface area contributed by atoms with Crippen LogP contribution in [-0.4, -0.2) is 5.78 Å². The second-order valence-corrected chi connectivity index (χ2v) is 6.88. The highest BCUT2D eigenvalue weighted by atomic mass is 16.1. The van der Waals surface area contributed by atoms with Crippen molar-refractivity contribution < 1.29 is 4.79 Å². The first-order chi connectivity index (χ1) is 5.90. The Bertz CT molecular complexity index is 214. The smallest absolute Gasteiger partial charge is 0.136 e. The second kappa shape index (κ2) is 3.67. The van der Waals surface area contributed by atoms with E-state index in [-0.39, 0.29) is 16.2 Å². The maximum absolute atomic E-state index is 11.8. The van der Waals surface area contributed by atoms with Crippen LogP contribution in [0.5, 0.6) is 0 Å². The number of rotatable bonds is 2. The van der Waals surface area contributed by atoms with Gasteiger partial charge in [0.15, 0.2) is 0 Å². The summed E-state index contributed by atoms with van der Waals surface area (Å²) < 4.78 is 0. The van der Waals surface area contributed by atoms with Crippen molar-refractivity contribution in [3.8, 4) is 0 Å². The van der Waals surface area contributed by atoms with Crippen molar-refractivity contribution in [2.75, 3.05) is 0 Å². The highest BCUT2D eigenvalue weighted by Crippen LogP contribution is 2.46. The first-order valence-corrected chi connectivity index (χ1v) is 5.41. The van der Waals surface area contributed by atoms with Crippen LogP contribution in [0.4, 0.5) is 0 Å². The van der Waals surface area contributed by atoms with Crippen LogP contribution in [0.3, 0.4) is 0 Å². The lowest BCUT2D eigenvalue weighted by atomic mass is 9.59. The molecule has 0 aliphatic carbocycles. The summed E-state index contributed by atoms with van der Waals surface area (Å²) in [6, 6.07) is 0. The van der Waals surface area contributed by atoms with Gasteiger partial charge in [0.25, 0.3) is 0 Å². The monoisotopic (exact) mass is 198 g/mol. The van der Waals surface area contributed by atoms with E-state index in [1.807, 2.05) is 0 Å². The SMILES string of the molecule is CC(=O)C(C)(CC(C)(C)C)C(C)(C)C. The van der Waals surface area contributed by atoms with Gasteiger partial charge in [-0.3, -0.25) is 4.79 Å².